The highest BCUT2D eigenvalue weighted by molar-refractivity contribution is 8.13. The number of likely N-dealkylation sites (tertiary alicyclic amines) is 1. The van der Waals surface area contributed by atoms with Crippen LogP contribution in [0, 0.1) is 17.8 Å². The van der Waals surface area contributed by atoms with Gasteiger partial charge in [-0.3, -0.25) is 0 Å². The summed E-state index contributed by atoms with van der Waals surface area (Å²) in [5.41, 5.74) is 0.913. The van der Waals surface area contributed by atoms with Gasteiger partial charge in [0.05, 0.1) is 5.75 Å². The molecule has 0 radical (unpaired) electrons. The van der Waals surface area contributed by atoms with Gasteiger partial charge in [0, 0.05) is 37.0 Å². The van der Waals surface area contributed by atoms with Crippen molar-refractivity contribution in [1.82, 2.24) is 4.90 Å². The van der Waals surface area contributed by atoms with Crippen molar-refractivity contribution in [1.29, 1.82) is 0 Å². The lowest BCUT2D eigenvalue weighted by Crippen LogP contribution is -2.30. The van der Waals surface area contributed by atoms with Crippen LogP contribution in [0.25, 0.3) is 0 Å². The smallest absolute Gasteiger partial charge is 0.410 e. The molecule has 2 aliphatic rings. The molecule has 0 aliphatic carbocycles. The topological polar surface area (TPSA) is 72.9 Å². The van der Waals surface area contributed by atoms with E-state index >= 15 is 0 Å². The first-order valence-electron chi connectivity index (χ1n) is 8.38. The fourth-order valence-electron chi connectivity index (χ4n) is 3.71. The average molecular weight is 388 g/mol. The number of rotatable bonds is 5. The normalized spacial score (nSPS) is 26.8. The number of hydrogen-bond donors (Lipinski definition) is 0. The molecule has 3 unspecified atom stereocenters. The van der Waals surface area contributed by atoms with Crippen molar-refractivity contribution in [2.24, 2.45) is 17.8 Å². The third-order valence-corrected chi connectivity index (χ3v) is 6.14. The Bertz CT molecular complexity index is 690. The average Bonchev–Trinajstić information content (AvgIpc) is 3.21. The molecule has 0 spiro atoms. The maximum absolute atomic E-state index is 12.4. The van der Waals surface area contributed by atoms with Crippen molar-refractivity contribution in [3.63, 3.8) is 0 Å². The van der Waals surface area contributed by atoms with Crippen LogP contribution in [0.4, 0.5) is 4.79 Å². The zero-order valence-electron chi connectivity index (χ0n) is 13.8. The molecule has 2 heterocycles. The predicted molar refractivity (Wildman–Crippen MR) is 93.7 cm³/mol. The highest BCUT2D eigenvalue weighted by Crippen LogP contribution is 2.35. The van der Waals surface area contributed by atoms with Gasteiger partial charge < -0.3 is 14.4 Å². The second kappa shape index (κ2) is 7.93. The Morgan fingerprint density at radius 1 is 1.28 bits per heavy atom. The molecule has 3 atom stereocenters. The Hall–Kier alpha value is -1.31. The van der Waals surface area contributed by atoms with Gasteiger partial charge in [0.1, 0.15) is 6.61 Å². The molecule has 1 amide bonds. The van der Waals surface area contributed by atoms with Crippen molar-refractivity contribution in [3.8, 4) is 0 Å². The van der Waals surface area contributed by atoms with Gasteiger partial charge in [0.15, 0.2) is 0 Å². The molecule has 2 fully saturated rings. The summed E-state index contributed by atoms with van der Waals surface area (Å²) in [4.78, 5) is 14.0. The Kier molecular flexibility index (Phi) is 5.86. The van der Waals surface area contributed by atoms with Crippen LogP contribution in [0.3, 0.4) is 0 Å². The van der Waals surface area contributed by atoms with E-state index in [1.807, 2.05) is 30.3 Å². The van der Waals surface area contributed by atoms with Crippen molar-refractivity contribution < 1.29 is 22.7 Å². The summed E-state index contributed by atoms with van der Waals surface area (Å²) in [7, 11) is 1.84. The van der Waals surface area contributed by atoms with Gasteiger partial charge in [0.25, 0.3) is 0 Å². The quantitative estimate of drug-likeness (QED) is 0.726. The van der Waals surface area contributed by atoms with Gasteiger partial charge in [-0.2, -0.15) is 0 Å². The number of ether oxygens (including phenoxy) is 2. The summed E-state index contributed by atoms with van der Waals surface area (Å²) in [6.07, 6.45) is 0.471. The van der Waals surface area contributed by atoms with Crippen LogP contribution in [-0.4, -0.2) is 51.5 Å². The summed E-state index contributed by atoms with van der Waals surface area (Å²) in [5.74, 6) is 0.0205. The minimum atomic E-state index is -3.62. The van der Waals surface area contributed by atoms with Crippen LogP contribution in [0.1, 0.15) is 12.0 Å². The lowest BCUT2D eigenvalue weighted by atomic mass is 9.84. The number of carbonyl (C=O) groups is 1. The second-order valence-electron chi connectivity index (χ2n) is 6.70. The zero-order chi connectivity index (χ0) is 17.9. The lowest BCUT2D eigenvalue weighted by molar-refractivity contribution is 0.101. The van der Waals surface area contributed by atoms with Crippen molar-refractivity contribution in [2.75, 3.05) is 32.1 Å². The molecular weight excluding hydrogens is 366 g/mol. The van der Waals surface area contributed by atoms with Crippen LogP contribution in [0.15, 0.2) is 30.3 Å². The van der Waals surface area contributed by atoms with E-state index in [1.54, 1.807) is 4.90 Å². The zero-order valence-corrected chi connectivity index (χ0v) is 15.4. The number of benzene rings is 1. The SMILES string of the molecule is O=C(OCc1ccccc1)N1CC(CS(=O)(=O)Cl)C(C2CCOC2)C1. The van der Waals surface area contributed by atoms with Crippen LogP contribution >= 0.6 is 10.7 Å². The van der Waals surface area contributed by atoms with E-state index in [9.17, 15) is 13.2 Å². The fourth-order valence-corrected chi connectivity index (χ4v) is 5.06. The Morgan fingerprint density at radius 3 is 2.68 bits per heavy atom. The van der Waals surface area contributed by atoms with Gasteiger partial charge in [-0.05, 0) is 29.7 Å². The first kappa shape index (κ1) is 18.5. The van der Waals surface area contributed by atoms with Gasteiger partial charge in [-0.15, -0.1) is 0 Å². The second-order valence-corrected chi connectivity index (χ2v) is 9.52. The number of nitrogens with zero attached hydrogens (tertiary/aromatic N) is 1. The molecular formula is C17H22ClNO5S. The summed E-state index contributed by atoms with van der Waals surface area (Å²) in [5, 5.41) is 0. The lowest BCUT2D eigenvalue weighted by Gasteiger charge is -2.21. The molecule has 1 aromatic carbocycles. The van der Waals surface area contributed by atoms with E-state index in [2.05, 4.69) is 0 Å². The summed E-state index contributed by atoms with van der Waals surface area (Å²) in [6.45, 7) is 2.32. The fraction of sp³-hybridized carbons (Fsp3) is 0.588. The van der Waals surface area contributed by atoms with Gasteiger partial charge in [0.2, 0.25) is 9.05 Å². The van der Waals surface area contributed by atoms with E-state index in [1.165, 1.54) is 0 Å². The Balaban J connectivity index is 1.62. The molecule has 6 nitrogen and oxygen atoms in total. The largest absolute Gasteiger partial charge is 0.445 e. The minimum absolute atomic E-state index is 0.0697. The number of carbonyl (C=O) groups excluding carboxylic acids is 1. The van der Waals surface area contributed by atoms with Crippen molar-refractivity contribution >= 4 is 25.8 Å². The molecule has 0 saturated carbocycles. The molecule has 2 saturated heterocycles. The summed E-state index contributed by atoms with van der Waals surface area (Å²) >= 11 is 0. The monoisotopic (exact) mass is 387 g/mol. The highest BCUT2D eigenvalue weighted by atomic mass is 35.7. The molecule has 0 aromatic heterocycles. The predicted octanol–water partition coefficient (Wildman–Crippen LogP) is 2.48. The summed E-state index contributed by atoms with van der Waals surface area (Å²) < 4.78 is 33.9. The first-order chi connectivity index (χ1) is 11.9. The maximum atomic E-state index is 12.4. The standard InChI is InChI=1S/C17H22ClNO5S/c18-25(21,22)12-15-8-19(9-16(15)14-6-7-23-11-14)17(20)24-10-13-4-2-1-3-5-13/h1-5,14-16H,6-12H2. The Morgan fingerprint density at radius 2 is 2.04 bits per heavy atom. The number of amides is 1. The molecule has 8 heteroatoms. The molecule has 2 aliphatic heterocycles. The van der Waals surface area contributed by atoms with Crippen LogP contribution in [-0.2, 0) is 25.1 Å². The van der Waals surface area contributed by atoms with Crippen LogP contribution in [0.2, 0.25) is 0 Å². The maximum Gasteiger partial charge on any atom is 0.410 e. The van der Waals surface area contributed by atoms with Gasteiger partial charge in [-0.1, -0.05) is 30.3 Å². The van der Waals surface area contributed by atoms with E-state index in [0.717, 1.165) is 12.0 Å². The molecule has 0 bridgehead atoms. The van der Waals surface area contributed by atoms with Crippen LogP contribution < -0.4 is 0 Å². The van der Waals surface area contributed by atoms with Crippen LogP contribution in [0.5, 0.6) is 0 Å². The van der Waals surface area contributed by atoms with E-state index in [-0.39, 0.29) is 30.1 Å². The van der Waals surface area contributed by atoms with Crippen molar-refractivity contribution in [2.45, 2.75) is 13.0 Å². The van der Waals surface area contributed by atoms with Gasteiger partial charge >= 0.3 is 6.09 Å². The van der Waals surface area contributed by atoms with E-state index in [4.69, 9.17) is 20.2 Å². The third kappa shape index (κ3) is 5.09. The van der Waals surface area contributed by atoms with E-state index in [0.29, 0.717) is 26.3 Å². The first-order valence-corrected chi connectivity index (χ1v) is 10.9. The highest BCUT2D eigenvalue weighted by Gasteiger charge is 2.42. The minimum Gasteiger partial charge on any atom is -0.445 e. The molecule has 3 rings (SSSR count). The molecule has 138 valence electrons. The Labute approximate surface area is 152 Å². The van der Waals surface area contributed by atoms with Gasteiger partial charge in [-0.25, -0.2) is 13.2 Å². The molecule has 0 N–H and O–H groups in total. The third-order valence-electron chi connectivity index (χ3n) is 4.94. The van der Waals surface area contributed by atoms with E-state index < -0.39 is 15.1 Å². The number of halogens is 1. The number of hydrogen-bond acceptors (Lipinski definition) is 5. The molecule has 25 heavy (non-hydrogen) atoms. The summed E-state index contributed by atoms with van der Waals surface area (Å²) in [6, 6.07) is 9.45. The molecule has 1 aromatic rings. The van der Waals surface area contributed by atoms with Crippen molar-refractivity contribution in [3.05, 3.63) is 35.9 Å².